The maximum absolute atomic E-state index is 11.9. The van der Waals surface area contributed by atoms with E-state index in [1.807, 2.05) is 0 Å². The van der Waals surface area contributed by atoms with E-state index in [0.717, 1.165) is 12.3 Å². The molecule has 1 heterocycles. The molecule has 0 atom stereocenters. The van der Waals surface area contributed by atoms with Gasteiger partial charge in [-0.3, -0.25) is 0 Å². The highest BCUT2D eigenvalue weighted by Gasteiger charge is 1.87. The van der Waals surface area contributed by atoms with Gasteiger partial charge in [0, 0.05) is 6.07 Å². The molecule has 1 nitrogen and oxygen atoms in total. The van der Waals surface area contributed by atoms with Crippen molar-refractivity contribution in [1.82, 2.24) is 4.98 Å². The molecule has 0 unspecified atom stereocenters. The zero-order chi connectivity index (χ0) is 5.98. The number of nitrogens with zero attached hydrogens (tertiary/aromatic N) is 1. The zero-order valence-corrected chi connectivity index (χ0v) is 4.61. The van der Waals surface area contributed by atoms with Gasteiger partial charge in [0.25, 0.3) is 0 Å². The first-order valence-corrected chi connectivity index (χ1v) is 2.35. The summed E-state index contributed by atoms with van der Waals surface area (Å²) in [6, 6.07) is 3.51. The highest BCUT2D eigenvalue weighted by Crippen LogP contribution is 2.01. The number of hydrogen-bond donors (Lipinski definition) is 0. The summed E-state index contributed by atoms with van der Waals surface area (Å²) >= 11 is 5.28. The summed E-state index contributed by atoms with van der Waals surface area (Å²) in [6.07, 6.45) is 1.04. The molecule has 0 aliphatic heterocycles. The van der Waals surface area contributed by atoms with E-state index in [2.05, 4.69) is 11.1 Å². The number of pyridine rings is 1. The fourth-order valence-corrected chi connectivity index (χ4v) is 0.425. The van der Waals surface area contributed by atoms with Gasteiger partial charge in [0.15, 0.2) is 0 Å². The predicted octanol–water partition coefficient (Wildman–Crippen LogP) is 1.67. The molecule has 1 rings (SSSR count). The Morgan fingerprint density at radius 2 is 2.50 bits per heavy atom. The molecule has 0 aliphatic rings. The molecule has 0 saturated heterocycles. The Bertz CT molecular complexity index is 151. The maximum Gasteiger partial charge on any atom is 0.142 e. The quantitative estimate of drug-likeness (QED) is 0.487. The van der Waals surface area contributed by atoms with E-state index >= 15 is 0 Å². The largest absolute Gasteiger partial charge is 0.241 e. The Hall–Kier alpha value is -0.630. The Labute approximate surface area is 51.1 Å². The Morgan fingerprint density at radius 1 is 1.75 bits per heavy atom. The van der Waals surface area contributed by atoms with E-state index in [1.54, 1.807) is 0 Å². The minimum Gasteiger partial charge on any atom is -0.241 e. The van der Waals surface area contributed by atoms with Gasteiger partial charge in [-0.1, -0.05) is 11.6 Å². The Balaban J connectivity index is 3.03. The smallest absolute Gasteiger partial charge is 0.142 e. The third kappa shape index (κ3) is 1.17. The maximum atomic E-state index is 11.9. The summed E-state index contributed by atoms with van der Waals surface area (Å²) < 4.78 is 11.9. The van der Waals surface area contributed by atoms with Crippen molar-refractivity contribution in [3.05, 3.63) is 29.3 Å². The van der Waals surface area contributed by atoms with Crippen molar-refractivity contribution in [2.24, 2.45) is 0 Å². The lowest BCUT2D eigenvalue weighted by molar-refractivity contribution is 0.621. The number of halogens is 2. The summed E-state index contributed by atoms with van der Waals surface area (Å²) in [5.74, 6) is -0.422. The molecule has 0 bridgehead atoms. The third-order valence-electron chi connectivity index (χ3n) is 0.630. The molecule has 3 heteroatoms. The van der Waals surface area contributed by atoms with Gasteiger partial charge in [0.05, 0.1) is 6.20 Å². The van der Waals surface area contributed by atoms with Crippen LogP contribution >= 0.6 is 11.6 Å². The van der Waals surface area contributed by atoms with Crippen molar-refractivity contribution < 1.29 is 4.39 Å². The van der Waals surface area contributed by atoms with E-state index in [9.17, 15) is 4.39 Å². The van der Waals surface area contributed by atoms with Crippen LogP contribution in [0.1, 0.15) is 0 Å². The number of aromatic nitrogens is 1. The standard InChI is InChI=1S/C5H2ClFN/c6-5-2-1-4(7)3-8-5/h1,3H. The average Bonchev–Trinajstić information content (AvgIpc) is 1.77. The third-order valence-corrected chi connectivity index (χ3v) is 0.837. The second-order valence-corrected chi connectivity index (χ2v) is 1.58. The highest BCUT2D eigenvalue weighted by molar-refractivity contribution is 6.29. The molecule has 0 spiro atoms. The van der Waals surface area contributed by atoms with Crippen molar-refractivity contribution in [1.29, 1.82) is 0 Å². The molecule has 1 aromatic heterocycles. The van der Waals surface area contributed by atoms with Crippen molar-refractivity contribution in [2.75, 3.05) is 0 Å². The first kappa shape index (κ1) is 5.51. The van der Waals surface area contributed by atoms with Gasteiger partial charge >= 0.3 is 0 Å². The molecule has 0 fully saturated rings. The summed E-state index contributed by atoms with van der Waals surface area (Å²) in [6.45, 7) is 0. The van der Waals surface area contributed by atoms with Crippen molar-refractivity contribution in [3.63, 3.8) is 0 Å². The summed E-state index contributed by atoms with van der Waals surface area (Å²) in [4.78, 5) is 3.41. The topological polar surface area (TPSA) is 12.9 Å². The van der Waals surface area contributed by atoms with Gasteiger partial charge in [0.1, 0.15) is 11.0 Å². The molecule has 8 heavy (non-hydrogen) atoms. The van der Waals surface area contributed by atoms with Crippen molar-refractivity contribution in [3.8, 4) is 0 Å². The normalized spacial score (nSPS) is 9.25. The fourth-order valence-electron chi connectivity index (χ4n) is 0.321. The molecule has 0 aliphatic carbocycles. The van der Waals surface area contributed by atoms with Gasteiger partial charge in [-0.05, 0) is 6.07 Å². The molecule has 1 aromatic rings. The molecule has 1 radical (unpaired) electrons. The summed E-state index contributed by atoms with van der Waals surface area (Å²) in [7, 11) is 0. The van der Waals surface area contributed by atoms with Gasteiger partial charge in [0.2, 0.25) is 0 Å². The van der Waals surface area contributed by atoms with Gasteiger partial charge < -0.3 is 0 Å². The van der Waals surface area contributed by atoms with Crippen LogP contribution in [0.4, 0.5) is 4.39 Å². The van der Waals surface area contributed by atoms with Crippen LogP contribution in [-0.4, -0.2) is 4.98 Å². The minimum atomic E-state index is -0.422. The van der Waals surface area contributed by atoms with E-state index in [1.165, 1.54) is 0 Å². The van der Waals surface area contributed by atoms with Crippen LogP contribution in [0.25, 0.3) is 0 Å². The highest BCUT2D eigenvalue weighted by atomic mass is 35.5. The van der Waals surface area contributed by atoms with E-state index < -0.39 is 5.82 Å². The van der Waals surface area contributed by atoms with E-state index in [-0.39, 0.29) is 5.15 Å². The van der Waals surface area contributed by atoms with Gasteiger partial charge in [-0.25, -0.2) is 9.37 Å². The van der Waals surface area contributed by atoms with Crippen LogP contribution in [0, 0.1) is 11.9 Å². The first-order valence-electron chi connectivity index (χ1n) is 1.98. The zero-order valence-electron chi connectivity index (χ0n) is 3.86. The minimum absolute atomic E-state index is 0.186. The molecule has 0 aromatic carbocycles. The van der Waals surface area contributed by atoms with Crippen LogP contribution in [0.3, 0.4) is 0 Å². The van der Waals surface area contributed by atoms with Crippen LogP contribution < -0.4 is 0 Å². The van der Waals surface area contributed by atoms with Crippen LogP contribution in [-0.2, 0) is 0 Å². The Morgan fingerprint density at radius 3 is 2.88 bits per heavy atom. The lowest BCUT2D eigenvalue weighted by Crippen LogP contribution is -1.75. The number of hydrogen-bond acceptors (Lipinski definition) is 1. The molecule has 0 N–H and O–H groups in total. The number of rotatable bonds is 0. The monoisotopic (exact) mass is 130 g/mol. The molecular weight excluding hydrogens is 129 g/mol. The van der Waals surface area contributed by atoms with Gasteiger partial charge in [-0.15, -0.1) is 0 Å². The second kappa shape index (κ2) is 2.09. The molecule has 0 amide bonds. The first-order chi connectivity index (χ1) is 3.79. The summed E-state index contributed by atoms with van der Waals surface area (Å²) in [5.41, 5.74) is 0. The van der Waals surface area contributed by atoms with Crippen molar-refractivity contribution >= 4 is 11.6 Å². The fraction of sp³-hybridized carbons (Fsp3) is 0. The van der Waals surface area contributed by atoms with E-state index in [0.29, 0.717) is 0 Å². The molecule has 41 valence electrons. The SMILES string of the molecule is Fc1c[c]c(Cl)nc1. The molecular formula is C5H2ClFN. The summed E-state index contributed by atoms with van der Waals surface area (Å²) in [5, 5.41) is 0.186. The van der Waals surface area contributed by atoms with Crippen LogP contribution in [0.5, 0.6) is 0 Å². The Kier molecular flexibility index (Phi) is 1.44. The van der Waals surface area contributed by atoms with Crippen LogP contribution in [0.2, 0.25) is 5.15 Å². The van der Waals surface area contributed by atoms with Crippen molar-refractivity contribution in [2.45, 2.75) is 0 Å². The van der Waals surface area contributed by atoms with Gasteiger partial charge in [-0.2, -0.15) is 0 Å². The van der Waals surface area contributed by atoms with Crippen LogP contribution in [0.15, 0.2) is 12.3 Å². The average molecular weight is 131 g/mol. The van der Waals surface area contributed by atoms with E-state index in [4.69, 9.17) is 11.6 Å². The second-order valence-electron chi connectivity index (χ2n) is 1.22. The molecule has 0 saturated carbocycles. The lowest BCUT2D eigenvalue weighted by atomic mass is 10.5. The lowest BCUT2D eigenvalue weighted by Gasteiger charge is -1.83. The predicted molar refractivity (Wildman–Crippen MR) is 28.0 cm³/mol.